The van der Waals surface area contributed by atoms with Crippen LogP contribution >= 0.6 is 0 Å². The maximum absolute atomic E-state index is 5.79. The van der Waals surface area contributed by atoms with E-state index < -0.39 is 0 Å². The Bertz CT molecular complexity index is 555. The fraction of sp³-hybridized carbons (Fsp3) is 0.444. The van der Waals surface area contributed by atoms with Crippen molar-refractivity contribution in [3.8, 4) is 5.75 Å². The van der Waals surface area contributed by atoms with Gasteiger partial charge in [-0.3, -0.25) is 0 Å². The van der Waals surface area contributed by atoms with Gasteiger partial charge in [-0.2, -0.15) is 0 Å². The Labute approximate surface area is 127 Å². The highest BCUT2D eigenvalue weighted by Gasteiger charge is 2.08. The summed E-state index contributed by atoms with van der Waals surface area (Å²) in [6.45, 7) is 10.7. The summed E-state index contributed by atoms with van der Waals surface area (Å²) < 4.78 is 11.5. The minimum Gasteiger partial charge on any atom is -0.486 e. The molecule has 0 unspecified atom stereocenters. The van der Waals surface area contributed by atoms with Gasteiger partial charge in [0.25, 0.3) is 0 Å². The van der Waals surface area contributed by atoms with Crippen molar-refractivity contribution in [2.45, 2.75) is 46.8 Å². The van der Waals surface area contributed by atoms with Gasteiger partial charge >= 0.3 is 0 Å². The van der Waals surface area contributed by atoms with Crippen LogP contribution in [-0.4, -0.2) is 6.54 Å². The van der Waals surface area contributed by atoms with Crippen LogP contribution in [0.5, 0.6) is 5.75 Å². The zero-order valence-electron chi connectivity index (χ0n) is 13.4. The van der Waals surface area contributed by atoms with Crippen LogP contribution in [0.25, 0.3) is 0 Å². The van der Waals surface area contributed by atoms with Crippen LogP contribution in [-0.2, 0) is 13.2 Å². The second-order valence-electron chi connectivity index (χ2n) is 5.59. The van der Waals surface area contributed by atoms with Gasteiger partial charge in [-0.05, 0) is 43.1 Å². The highest BCUT2D eigenvalue weighted by Crippen LogP contribution is 2.21. The Morgan fingerprint density at radius 1 is 1.19 bits per heavy atom. The van der Waals surface area contributed by atoms with Crippen LogP contribution in [0.1, 0.15) is 49.3 Å². The molecule has 2 aromatic rings. The number of hydrogen-bond acceptors (Lipinski definition) is 3. The first kappa shape index (κ1) is 15.6. The van der Waals surface area contributed by atoms with Gasteiger partial charge in [-0.25, -0.2) is 0 Å². The second-order valence-corrected chi connectivity index (χ2v) is 5.59. The summed E-state index contributed by atoms with van der Waals surface area (Å²) in [7, 11) is 0. The van der Waals surface area contributed by atoms with Crippen LogP contribution in [0.4, 0.5) is 0 Å². The van der Waals surface area contributed by atoms with Crippen LogP contribution in [0.2, 0.25) is 0 Å². The van der Waals surface area contributed by atoms with E-state index >= 15 is 0 Å². The number of furan rings is 1. The summed E-state index contributed by atoms with van der Waals surface area (Å²) in [6.07, 6.45) is 0. The fourth-order valence-corrected chi connectivity index (χ4v) is 2.20. The second kappa shape index (κ2) is 7.32. The minimum absolute atomic E-state index is 0.466. The predicted octanol–water partition coefficient (Wildman–Crippen LogP) is 4.40. The Hall–Kier alpha value is -1.74. The molecule has 1 N–H and O–H groups in total. The third kappa shape index (κ3) is 4.36. The summed E-state index contributed by atoms with van der Waals surface area (Å²) in [4.78, 5) is 0. The molecular formula is C18H25NO2. The smallest absolute Gasteiger partial charge is 0.146 e. The van der Waals surface area contributed by atoms with Gasteiger partial charge < -0.3 is 14.5 Å². The largest absolute Gasteiger partial charge is 0.486 e. The van der Waals surface area contributed by atoms with Gasteiger partial charge in [0.05, 0.1) is 0 Å². The molecule has 114 valence electrons. The summed E-state index contributed by atoms with van der Waals surface area (Å²) in [6, 6.07) is 10.3. The highest BCUT2D eigenvalue weighted by molar-refractivity contribution is 5.29. The average molecular weight is 287 g/mol. The lowest BCUT2D eigenvalue weighted by Crippen LogP contribution is -2.11. The Balaban J connectivity index is 1.93. The van der Waals surface area contributed by atoms with Gasteiger partial charge in [0.1, 0.15) is 23.9 Å². The molecule has 3 heteroatoms. The molecule has 21 heavy (non-hydrogen) atoms. The molecule has 1 aromatic heterocycles. The Kier molecular flexibility index (Phi) is 5.45. The van der Waals surface area contributed by atoms with E-state index in [0.717, 1.165) is 30.4 Å². The van der Waals surface area contributed by atoms with Crippen molar-refractivity contribution < 1.29 is 9.15 Å². The highest BCUT2D eigenvalue weighted by atomic mass is 16.5. The van der Waals surface area contributed by atoms with Crippen LogP contribution in [0.3, 0.4) is 0 Å². The normalized spacial score (nSPS) is 11.1. The van der Waals surface area contributed by atoms with Crippen LogP contribution < -0.4 is 10.1 Å². The molecule has 0 aliphatic rings. The van der Waals surface area contributed by atoms with E-state index in [1.165, 1.54) is 11.1 Å². The fourth-order valence-electron chi connectivity index (χ4n) is 2.20. The van der Waals surface area contributed by atoms with Gasteiger partial charge in [0, 0.05) is 12.1 Å². The first-order chi connectivity index (χ1) is 10.1. The van der Waals surface area contributed by atoms with Gasteiger partial charge in [-0.15, -0.1) is 0 Å². The molecule has 3 nitrogen and oxygen atoms in total. The summed E-state index contributed by atoms with van der Waals surface area (Å²) in [5, 5.41) is 3.31. The molecule has 0 aliphatic heterocycles. The van der Waals surface area contributed by atoms with Crippen molar-refractivity contribution in [1.29, 1.82) is 0 Å². The van der Waals surface area contributed by atoms with Gasteiger partial charge in [0.2, 0.25) is 0 Å². The number of ether oxygens (including phenoxy) is 1. The maximum Gasteiger partial charge on any atom is 0.146 e. The van der Waals surface area contributed by atoms with E-state index in [4.69, 9.17) is 9.15 Å². The number of benzene rings is 1. The van der Waals surface area contributed by atoms with Crippen molar-refractivity contribution in [3.63, 3.8) is 0 Å². The monoisotopic (exact) mass is 287 g/mol. The van der Waals surface area contributed by atoms with Crippen LogP contribution in [0.15, 0.2) is 34.7 Å². The maximum atomic E-state index is 5.79. The molecule has 0 bridgehead atoms. The number of rotatable bonds is 7. The molecule has 0 fully saturated rings. The molecule has 1 heterocycles. The summed E-state index contributed by atoms with van der Waals surface area (Å²) in [5.41, 5.74) is 2.52. The SMILES string of the molecule is CCNCc1cc(COc2ccc(C(C)C)cc2)oc1C. The predicted molar refractivity (Wildman–Crippen MR) is 85.7 cm³/mol. The lowest BCUT2D eigenvalue weighted by Gasteiger charge is -2.07. The first-order valence-corrected chi connectivity index (χ1v) is 7.61. The van der Waals surface area contributed by atoms with Crippen molar-refractivity contribution in [2.24, 2.45) is 0 Å². The molecule has 0 amide bonds. The van der Waals surface area contributed by atoms with E-state index in [-0.39, 0.29) is 0 Å². The standard InChI is InChI=1S/C18H25NO2/c1-5-19-11-16-10-18(21-14(16)4)12-20-17-8-6-15(7-9-17)13(2)3/h6-10,13,19H,5,11-12H2,1-4H3. The zero-order valence-corrected chi connectivity index (χ0v) is 13.4. The van der Waals surface area contributed by atoms with E-state index in [1.807, 2.05) is 19.1 Å². The molecule has 2 rings (SSSR count). The number of hydrogen-bond donors (Lipinski definition) is 1. The average Bonchev–Trinajstić information content (AvgIpc) is 2.83. The minimum atomic E-state index is 0.466. The molecular weight excluding hydrogens is 262 g/mol. The molecule has 0 atom stereocenters. The number of aryl methyl sites for hydroxylation is 1. The first-order valence-electron chi connectivity index (χ1n) is 7.61. The van der Waals surface area contributed by atoms with Gasteiger partial charge in [-0.1, -0.05) is 32.9 Å². The van der Waals surface area contributed by atoms with Crippen LogP contribution in [0, 0.1) is 6.92 Å². The molecule has 1 aromatic carbocycles. The Morgan fingerprint density at radius 3 is 2.52 bits per heavy atom. The van der Waals surface area contributed by atoms with E-state index in [0.29, 0.717) is 12.5 Å². The third-order valence-electron chi connectivity index (χ3n) is 3.56. The molecule has 0 aliphatic carbocycles. The summed E-state index contributed by atoms with van der Waals surface area (Å²) >= 11 is 0. The third-order valence-corrected chi connectivity index (χ3v) is 3.56. The molecule has 0 spiro atoms. The van der Waals surface area contributed by atoms with Crippen molar-refractivity contribution in [3.05, 3.63) is 53.0 Å². The quantitative estimate of drug-likeness (QED) is 0.819. The number of nitrogens with one attached hydrogen (secondary N) is 1. The van der Waals surface area contributed by atoms with Gasteiger partial charge in [0.15, 0.2) is 0 Å². The Morgan fingerprint density at radius 2 is 1.90 bits per heavy atom. The molecule has 0 radical (unpaired) electrons. The molecule has 0 saturated heterocycles. The summed E-state index contributed by atoms with van der Waals surface area (Å²) in [5.74, 6) is 3.25. The lowest BCUT2D eigenvalue weighted by molar-refractivity contribution is 0.267. The lowest BCUT2D eigenvalue weighted by atomic mass is 10.0. The van der Waals surface area contributed by atoms with E-state index in [1.54, 1.807) is 0 Å². The van der Waals surface area contributed by atoms with Crippen molar-refractivity contribution in [1.82, 2.24) is 5.32 Å². The van der Waals surface area contributed by atoms with E-state index in [2.05, 4.69) is 44.3 Å². The molecule has 0 saturated carbocycles. The van der Waals surface area contributed by atoms with Crippen molar-refractivity contribution >= 4 is 0 Å². The topological polar surface area (TPSA) is 34.4 Å². The van der Waals surface area contributed by atoms with E-state index in [9.17, 15) is 0 Å². The zero-order chi connectivity index (χ0) is 15.2. The van der Waals surface area contributed by atoms with Crippen molar-refractivity contribution in [2.75, 3.05) is 6.54 Å².